The first-order valence-electron chi connectivity index (χ1n) is 8.31. The molecular weight excluding hydrogens is 338 g/mol. The van der Waals surface area contributed by atoms with Crippen LogP contribution in [0.15, 0.2) is 53.4 Å². The maximum absolute atomic E-state index is 12.4. The number of hydrogen-bond acceptors (Lipinski definition) is 4. The number of rotatable bonds is 9. The second kappa shape index (κ2) is 8.67. The predicted octanol–water partition coefficient (Wildman–Crippen LogP) is 2.51. The van der Waals surface area contributed by atoms with Crippen molar-refractivity contribution in [2.45, 2.75) is 43.9 Å². The predicted molar refractivity (Wildman–Crippen MR) is 95.6 cm³/mol. The zero-order valence-electron chi connectivity index (χ0n) is 14.2. The fourth-order valence-electron chi connectivity index (χ4n) is 2.42. The number of carbonyl (C=O) groups excluding carboxylic acids is 1. The number of aliphatic carboxylic acids is 1. The van der Waals surface area contributed by atoms with Crippen molar-refractivity contribution >= 4 is 21.7 Å². The van der Waals surface area contributed by atoms with Gasteiger partial charge < -0.3 is 9.90 Å². The summed E-state index contributed by atoms with van der Waals surface area (Å²) >= 11 is 0. The van der Waals surface area contributed by atoms with Crippen molar-refractivity contribution in [3.8, 4) is 0 Å². The third kappa shape index (κ3) is 5.90. The van der Waals surface area contributed by atoms with Crippen molar-refractivity contribution in [2.24, 2.45) is 0 Å². The zero-order chi connectivity index (χ0) is 18.3. The minimum Gasteiger partial charge on any atom is -0.550 e. The molecule has 0 radical (unpaired) electrons. The number of nitrogens with one attached hydrogen (secondary N) is 1. The topological polar surface area (TPSA) is 86.3 Å². The molecular formula is C19H22NO4S-. The summed E-state index contributed by atoms with van der Waals surface area (Å²) in [4.78, 5) is 10.6. The van der Waals surface area contributed by atoms with Gasteiger partial charge in [0.2, 0.25) is 0 Å². The first-order chi connectivity index (χ1) is 11.9. The highest BCUT2D eigenvalue weighted by Crippen LogP contribution is 2.18. The molecule has 0 fully saturated rings. The van der Waals surface area contributed by atoms with Crippen LogP contribution in [0.3, 0.4) is 0 Å². The Balaban J connectivity index is 2.04. The second-order valence-corrected chi connectivity index (χ2v) is 7.60. The minimum absolute atomic E-state index is 0.0886. The Morgan fingerprint density at radius 2 is 1.52 bits per heavy atom. The molecule has 6 heteroatoms. The molecule has 0 aliphatic heterocycles. The van der Waals surface area contributed by atoms with Gasteiger partial charge in [0.05, 0.1) is 4.90 Å². The number of carboxylic acids is 1. The average molecular weight is 360 g/mol. The molecule has 5 nitrogen and oxygen atoms in total. The molecule has 2 aromatic rings. The SMILES string of the molecule is CCCCc1ccc(NS(=O)(=O)c2ccc(CCC(=O)[O-])cc2)cc1. The molecule has 0 saturated carbocycles. The van der Waals surface area contributed by atoms with E-state index in [0.29, 0.717) is 12.1 Å². The molecule has 2 aromatic carbocycles. The monoisotopic (exact) mass is 360 g/mol. The lowest BCUT2D eigenvalue weighted by Crippen LogP contribution is -2.22. The third-order valence-corrected chi connectivity index (χ3v) is 5.27. The summed E-state index contributed by atoms with van der Waals surface area (Å²) in [5, 5.41) is 10.5. The number of aryl methyl sites for hydroxylation is 2. The van der Waals surface area contributed by atoms with Gasteiger partial charge in [0, 0.05) is 11.7 Å². The Morgan fingerprint density at radius 1 is 0.960 bits per heavy atom. The molecule has 0 amide bonds. The van der Waals surface area contributed by atoms with E-state index in [1.165, 1.54) is 17.7 Å². The Labute approximate surface area is 148 Å². The van der Waals surface area contributed by atoms with Crippen LogP contribution in [0.4, 0.5) is 5.69 Å². The summed E-state index contributed by atoms with van der Waals surface area (Å²) in [7, 11) is -3.67. The Hall–Kier alpha value is -2.34. The van der Waals surface area contributed by atoms with E-state index in [2.05, 4.69) is 11.6 Å². The van der Waals surface area contributed by atoms with Crippen LogP contribution in [-0.4, -0.2) is 14.4 Å². The van der Waals surface area contributed by atoms with Gasteiger partial charge >= 0.3 is 0 Å². The first-order valence-corrected chi connectivity index (χ1v) is 9.79. The van der Waals surface area contributed by atoms with E-state index < -0.39 is 16.0 Å². The van der Waals surface area contributed by atoms with Crippen molar-refractivity contribution in [1.29, 1.82) is 0 Å². The number of benzene rings is 2. The lowest BCUT2D eigenvalue weighted by Gasteiger charge is -2.10. The van der Waals surface area contributed by atoms with Gasteiger partial charge in [0.25, 0.3) is 10.0 Å². The molecule has 0 bridgehead atoms. The van der Waals surface area contributed by atoms with Gasteiger partial charge in [0.1, 0.15) is 0 Å². The third-order valence-electron chi connectivity index (χ3n) is 3.88. The van der Waals surface area contributed by atoms with Crippen molar-refractivity contribution in [3.05, 3.63) is 59.7 Å². The maximum Gasteiger partial charge on any atom is 0.261 e. The Bertz CT molecular complexity index is 796. The van der Waals surface area contributed by atoms with E-state index >= 15 is 0 Å². The molecule has 0 aliphatic rings. The number of hydrogen-bond donors (Lipinski definition) is 1. The van der Waals surface area contributed by atoms with Crippen LogP contribution >= 0.6 is 0 Å². The lowest BCUT2D eigenvalue weighted by molar-refractivity contribution is -0.305. The second-order valence-electron chi connectivity index (χ2n) is 5.92. The maximum atomic E-state index is 12.4. The average Bonchev–Trinajstić information content (AvgIpc) is 2.59. The van der Waals surface area contributed by atoms with E-state index in [0.717, 1.165) is 24.8 Å². The van der Waals surface area contributed by atoms with Crippen LogP contribution < -0.4 is 9.83 Å². The van der Waals surface area contributed by atoms with E-state index in [-0.39, 0.29) is 11.3 Å². The zero-order valence-corrected chi connectivity index (χ0v) is 15.0. The molecule has 25 heavy (non-hydrogen) atoms. The minimum atomic E-state index is -3.67. The van der Waals surface area contributed by atoms with Crippen LogP contribution in [0.1, 0.15) is 37.3 Å². The highest BCUT2D eigenvalue weighted by Gasteiger charge is 2.14. The number of sulfonamides is 1. The molecule has 1 N–H and O–H groups in total. The number of carbonyl (C=O) groups is 1. The standard InChI is InChI=1S/C19H23NO4S/c1-2-3-4-15-5-10-17(11-6-15)20-25(23,24)18-12-7-16(8-13-18)9-14-19(21)22/h5-8,10-13,20H,2-4,9,14H2,1H3,(H,21,22)/p-1. The smallest absolute Gasteiger partial charge is 0.261 e. The number of unbranched alkanes of at least 4 members (excludes halogenated alkanes) is 1. The molecule has 134 valence electrons. The summed E-state index contributed by atoms with van der Waals surface area (Å²) < 4.78 is 27.4. The molecule has 0 atom stereocenters. The summed E-state index contributed by atoms with van der Waals surface area (Å²) in [6.45, 7) is 2.13. The van der Waals surface area contributed by atoms with E-state index in [1.807, 2.05) is 12.1 Å². The van der Waals surface area contributed by atoms with Crippen LogP contribution in [0.2, 0.25) is 0 Å². The molecule has 0 unspecified atom stereocenters. The highest BCUT2D eigenvalue weighted by atomic mass is 32.2. The summed E-state index contributed by atoms with van der Waals surface area (Å²) in [5.41, 5.74) is 2.45. The fraction of sp³-hybridized carbons (Fsp3) is 0.316. The van der Waals surface area contributed by atoms with Gasteiger partial charge in [0.15, 0.2) is 0 Å². The Morgan fingerprint density at radius 3 is 2.08 bits per heavy atom. The van der Waals surface area contributed by atoms with Gasteiger partial charge in [-0.25, -0.2) is 8.42 Å². The molecule has 0 heterocycles. The van der Waals surface area contributed by atoms with Crippen LogP contribution in [0.25, 0.3) is 0 Å². The molecule has 0 aliphatic carbocycles. The van der Waals surface area contributed by atoms with Gasteiger partial charge in [-0.2, -0.15) is 0 Å². The quantitative estimate of drug-likeness (QED) is 0.744. The van der Waals surface area contributed by atoms with Gasteiger partial charge in [-0.1, -0.05) is 37.6 Å². The van der Waals surface area contributed by atoms with Crippen molar-refractivity contribution in [3.63, 3.8) is 0 Å². The van der Waals surface area contributed by atoms with E-state index in [1.54, 1.807) is 24.3 Å². The van der Waals surface area contributed by atoms with Crippen LogP contribution in [0, 0.1) is 0 Å². The normalized spacial score (nSPS) is 11.2. The van der Waals surface area contributed by atoms with Crippen molar-refractivity contribution < 1.29 is 18.3 Å². The van der Waals surface area contributed by atoms with Crippen LogP contribution in [-0.2, 0) is 27.7 Å². The van der Waals surface area contributed by atoms with E-state index in [4.69, 9.17) is 0 Å². The highest BCUT2D eigenvalue weighted by molar-refractivity contribution is 7.92. The van der Waals surface area contributed by atoms with Crippen molar-refractivity contribution in [1.82, 2.24) is 0 Å². The largest absolute Gasteiger partial charge is 0.550 e. The number of anilines is 1. The molecule has 0 aromatic heterocycles. The summed E-state index contributed by atoms with van der Waals surface area (Å²) in [5.74, 6) is -1.12. The molecule has 0 saturated heterocycles. The number of carboxylic acid groups (broad SMARTS) is 1. The summed E-state index contributed by atoms with van der Waals surface area (Å²) in [6.07, 6.45) is 3.43. The summed E-state index contributed by atoms with van der Waals surface area (Å²) in [6, 6.07) is 13.6. The van der Waals surface area contributed by atoms with Gasteiger partial charge in [-0.05, 0) is 61.1 Å². The van der Waals surface area contributed by atoms with E-state index in [9.17, 15) is 18.3 Å². The first kappa shape index (κ1) is 19.0. The fourth-order valence-corrected chi connectivity index (χ4v) is 3.47. The molecule has 2 rings (SSSR count). The van der Waals surface area contributed by atoms with Gasteiger partial charge in [-0.15, -0.1) is 0 Å². The van der Waals surface area contributed by atoms with Crippen LogP contribution in [0.5, 0.6) is 0 Å². The van der Waals surface area contributed by atoms with Gasteiger partial charge in [-0.3, -0.25) is 4.72 Å². The Kier molecular flexibility index (Phi) is 6.58. The lowest BCUT2D eigenvalue weighted by atomic mass is 10.1. The molecule has 0 spiro atoms. The van der Waals surface area contributed by atoms with Crippen molar-refractivity contribution in [2.75, 3.05) is 4.72 Å².